The number of hydrogen-bond donors (Lipinski definition) is 1. The van der Waals surface area contributed by atoms with Crippen LogP contribution in [-0.4, -0.2) is 44.6 Å². The number of rotatable bonds is 5. The van der Waals surface area contributed by atoms with Crippen molar-refractivity contribution in [2.45, 2.75) is 46.2 Å². The molecule has 1 spiro atoms. The molecule has 1 atom stereocenters. The predicted molar refractivity (Wildman–Crippen MR) is 104 cm³/mol. The molecule has 0 aromatic carbocycles. The highest BCUT2D eigenvalue weighted by Gasteiger charge is 2.54. The summed E-state index contributed by atoms with van der Waals surface area (Å²) in [5, 5.41) is 7.42. The van der Waals surface area contributed by atoms with Crippen molar-refractivity contribution in [3.63, 3.8) is 0 Å². The van der Waals surface area contributed by atoms with Crippen molar-refractivity contribution in [3.05, 3.63) is 47.5 Å². The molecule has 1 unspecified atom stereocenters. The minimum atomic E-state index is -0.144. The molecule has 7 heteroatoms. The van der Waals surface area contributed by atoms with Gasteiger partial charge in [0.1, 0.15) is 6.54 Å². The number of aryl methyl sites for hydroxylation is 2. The van der Waals surface area contributed by atoms with E-state index in [1.807, 2.05) is 43.0 Å². The zero-order chi connectivity index (χ0) is 19.7. The second kappa shape index (κ2) is 7.37. The smallest absolute Gasteiger partial charge is 0.244 e. The van der Waals surface area contributed by atoms with Crippen molar-refractivity contribution in [3.8, 4) is 0 Å². The topological polar surface area (TPSA) is 80.1 Å². The lowest BCUT2D eigenvalue weighted by molar-refractivity contribution is -0.131. The first kappa shape index (κ1) is 18.7. The Kier molecular flexibility index (Phi) is 4.91. The Labute approximate surface area is 165 Å². The number of amides is 2. The van der Waals surface area contributed by atoms with E-state index >= 15 is 0 Å². The molecule has 1 aliphatic heterocycles. The number of hydrogen-bond acceptors (Lipinski definition) is 4. The molecule has 2 fully saturated rings. The van der Waals surface area contributed by atoms with Gasteiger partial charge in [-0.2, -0.15) is 5.10 Å². The first-order chi connectivity index (χ1) is 13.5. The zero-order valence-electron chi connectivity index (χ0n) is 16.5. The highest BCUT2D eigenvalue weighted by atomic mass is 16.2. The van der Waals surface area contributed by atoms with Gasteiger partial charge in [-0.05, 0) is 44.9 Å². The molecule has 1 aliphatic carbocycles. The summed E-state index contributed by atoms with van der Waals surface area (Å²) in [6, 6.07) is 7.64. The third-order valence-corrected chi connectivity index (χ3v) is 6.22. The van der Waals surface area contributed by atoms with Crippen LogP contribution >= 0.6 is 0 Å². The van der Waals surface area contributed by atoms with Crippen LogP contribution in [0.2, 0.25) is 0 Å². The lowest BCUT2D eigenvalue weighted by atomic mass is 9.62. The van der Waals surface area contributed by atoms with Crippen molar-refractivity contribution in [1.82, 2.24) is 25.0 Å². The molecule has 1 saturated heterocycles. The third kappa shape index (κ3) is 3.53. The minimum absolute atomic E-state index is 0.0340. The van der Waals surface area contributed by atoms with Crippen molar-refractivity contribution in [1.29, 1.82) is 0 Å². The number of nitrogens with zero attached hydrogens (tertiary/aromatic N) is 4. The van der Waals surface area contributed by atoms with Crippen LogP contribution in [0.3, 0.4) is 0 Å². The van der Waals surface area contributed by atoms with Crippen LogP contribution in [0, 0.1) is 25.2 Å². The summed E-state index contributed by atoms with van der Waals surface area (Å²) < 4.78 is 1.75. The molecule has 1 N–H and O–H groups in total. The number of aromatic nitrogens is 3. The molecule has 2 aromatic heterocycles. The molecule has 3 heterocycles. The van der Waals surface area contributed by atoms with Gasteiger partial charge in [-0.3, -0.25) is 19.3 Å². The molecular formula is C21H27N5O2. The van der Waals surface area contributed by atoms with Crippen LogP contribution in [0.4, 0.5) is 0 Å². The van der Waals surface area contributed by atoms with Crippen molar-refractivity contribution in [2.24, 2.45) is 11.3 Å². The minimum Gasteiger partial charge on any atom is -0.350 e. The summed E-state index contributed by atoms with van der Waals surface area (Å²) in [7, 11) is 0. The van der Waals surface area contributed by atoms with E-state index in [-0.39, 0.29) is 29.7 Å². The van der Waals surface area contributed by atoms with E-state index in [0.29, 0.717) is 19.6 Å². The highest BCUT2D eigenvalue weighted by molar-refractivity contribution is 5.83. The Morgan fingerprint density at radius 2 is 2.11 bits per heavy atom. The van der Waals surface area contributed by atoms with E-state index in [0.717, 1.165) is 36.3 Å². The Balaban J connectivity index is 1.41. The number of nitrogens with one attached hydrogen (secondary N) is 1. The monoisotopic (exact) mass is 381 g/mol. The Morgan fingerprint density at radius 1 is 1.29 bits per heavy atom. The van der Waals surface area contributed by atoms with Gasteiger partial charge in [-0.15, -0.1) is 0 Å². The van der Waals surface area contributed by atoms with Crippen LogP contribution in [0.15, 0.2) is 30.5 Å². The van der Waals surface area contributed by atoms with E-state index in [9.17, 15) is 9.59 Å². The summed E-state index contributed by atoms with van der Waals surface area (Å²) >= 11 is 0. The zero-order valence-corrected chi connectivity index (χ0v) is 16.5. The van der Waals surface area contributed by atoms with Gasteiger partial charge in [0.2, 0.25) is 11.8 Å². The van der Waals surface area contributed by atoms with Crippen molar-refractivity contribution in [2.75, 3.05) is 13.1 Å². The van der Waals surface area contributed by atoms with E-state index in [2.05, 4.69) is 15.4 Å². The maximum Gasteiger partial charge on any atom is 0.244 e. The van der Waals surface area contributed by atoms with Crippen molar-refractivity contribution < 1.29 is 9.59 Å². The molecule has 2 amide bonds. The number of carbonyl (C=O) groups excluding carboxylic acids is 2. The Morgan fingerprint density at radius 3 is 2.71 bits per heavy atom. The summed E-state index contributed by atoms with van der Waals surface area (Å²) in [6.45, 7) is 5.71. The number of carbonyl (C=O) groups is 2. The van der Waals surface area contributed by atoms with Gasteiger partial charge >= 0.3 is 0 Å². The number of likely N-dealkylation sites (tertiary alicyclic amines) is 1. The largest absolute Gasteiger partial charge is 0.350 e. The predicted octanol–water partition coefficient (Wildman–Crippen LogP) is 1.84. The van der Waals surface area contributed by atoms with E-state index in [1.54, 1.807) is 10.9 Å². The number of pyridine rings is 1. The first-order valence-electron chi connectivity index (χ1n) is 9.93. The molecule has 4 rings (SSSR count). The van der Waals surface area contributed by atoms with Crippen LogP contribution < -0.4 is 5.32 Å². The van der Waals surface area contributed by atoms with Gasteiger partial charge in [0.15, 0.2) is 0 Å². The average Bonchev–Trinajstić information content (AvgIpc) is 3.21. The highest BCUT2D eigenvalue weighted by Crippen LogP contribution is 2.51. The second-order valence-corrected chi connectivity index (χ2v) is 8.17. The fourth-order valence-electron chi connectivity index (χ4n) is 4.52. The molecule has 0 radical (unpaired) electrons. The molecule has 28 heavy (non-hydrogen) atoms. The lowest BCUT2D eigenvalue weighted by Gasteiger charge is -2.41. The molecular weight excluding hydrogens is 354 g/mol. The van der Waals surface area contributed by atoms with E-state index in [1.165, 1.54) is 0 Å². The fraction of sp³-hybridized carbons (Fsp3) is 0.524. The van der Waals surface area contributed by atoms with Crippen molar-refractivity contribution >= 4 is 11.8 Å². The average molecular weight is 381 g/mol. The molecule has 7 nitrogen and oxygen atoms in total. The van der Waals surface area contributed by atoms with Gasteiger partial charge in [0, 0.05) is 30.4 Å². The van der Waals surface area contributed by atoms with Crippen LogP contribution in [0.1, 0.15) is 36.3 Å². The third-order valence-electron chi connectivity index (χ3n) is 6.22. The molecule has 2 aliphatic rings. The van der Waals surface area contributed by atoms with E-state index in [4.69, 9.17) is 0 Å². The molecule has 0 bridgehead atoms. The Bertz CT molecular complexity index is 872. The maximum absolute atomic E-state index is 12.9. The second-order valence-electron chi connectivity index (χ2n) is 8.17. The van der Waals surface area contributed by atoms with E-state index < -0.39 is 0 Å². The quantitative estimate of drug-likeness (QED) is 0.857. The van der Waals surface area contributed by atoms with Gasteiger partial charge in [0.25, 0.3) is 0 Å². The van der Waals surface area contributed by atoms with Crippen LogP contribution in [0.25, 0.3) is 0 Å². The van der Waals surface area contributed by atoms with Crippen LogP contribution in [0.5, 0.6) is 0 Å². The summed E-state index contributed by atoms with van der Waals surface area (Å²) in [5.74, 6) is -0.0707. The summed E-state index contributed by atoms with van der Waals surface area (Å²) in [5.41, 5.74) is 2.68. The van der Waals surface area contributed by atoms with Crippen LogP contribution in [-0.2, 0) is 22.7 Å². The molecule has 1 saturated carbocycles. The SMILES string of the molecule is Cc1cc(C)n(CC(=O)N2CC(C(=O)NCc3ccccn3)C3(CCC3)C2)n1. The van der Waals surface area contributed by atoms with Gasteiger partial charge in [-0.1, -0.05) is 12.5 Å². The van der Waals surface area contributed by atoms with Gasteiger partial charge in [-0.25, -0.2) is 0 Å². The standard InChI is InChI=1S/C21H27N5O2/c1-15-10-16(2)26(24-15)13-19(27)25-12-18(21(14-25)7-5-8-21)20(28)23-11-17-6-3-4-9-22-17/h3-4,6,9-10,18H,5,7-8,11-14H2,1-2H3,(H,23,28). The first-order valence-corrected chi connectivity index (χ1v) is 9.93. The maximum atomic E-state index is 12.9. The van der Waals surface area contributed by atoms with Gasteiger partial charge < -0.3 is 10.2 Å². The molecule has 2 aromatic rings. The lowest BCUT2D eigenvalue weighted by Crippen LogP contribution is -2.45. The Hall–Kier alpha value is -2.70. The normalized spacial score (nSPS) is 20.2. The summed E-state index contributed by atoms with van der Waals surface area (Å²) in [6.07, 6.45) is 4.88. The molecule has 148 valence electrons. The van der Waals surface area contributed by atoms with Gasteiger partial charge in [0.05, 0.1) is 23.9 Å². The summed E-state index contributed by atoms with van der Waals surface area (Å²) in [4.78, 5) is 31.9. The fourth-order valence-corrected chi connectivity index (χ4v) is 4.52.